The number of hydrogen-bond acceptors (Lipinski definition) is 4. The minimum Gasteiger partial charge on any atom is -0.310 e. The predicted molar refractivity (Wildman–Crippen MR) is 120 cm³/mol. The van der Waals surface area contributed by atoms with Crippen LogP contribution in [0.4, 0.5) is 5.82 Å². The molecule has 1 aromatic carbocycles. The molecule has 1 amide bonds. The Morgan fingerprint density at radius 2 is 1.87 bits per heavy atom. The maximum absolute atomic E-state index is 13.0. The molecule has 2 aromatic rings. The number of hydrogen-bond donors (Lipinski definition) is 1. The summed E-state index contributed by atoms with van der Waals surface area (Å²) in [4.78, 5) is 28.0. The zero-order valence-corrected chi connectivity index (χ0v) is 18.8. The Bertz CT molecular complexity index is 896. The fourth-order valence-corrected chi connectivity index (χ4v) is 4.19. The highest BCUT2D eigenvalue weighted by Gasteiger charge is 2.31. The molecule has 1 fully saturated rings. The van der Waals surface area contributed by atoms with Crippen molar-refractivity contribution in [2.24, 2.45) is 5.92 Å². The predicted octanol–water partition coefficient (Wildman–Crippen LogP) is 4.39. The summed E-state index contributed by atoms with van der Waals surface area (Å²) >= 11 is 0. The molecule has 1 aliphatic rings. The van der Waals surface area contributed by atoms with Gasteiger partial charge in [-0.15, -0.1) is 0 Å². The van der Waals surface area contributed by atoms with Crippen LogP contribution < -0.4 is 5.32 Å². The molecule has 2 heterocycles. The normalized spacial score (nSPS) is 17.5. The summed E-state index contributed by atoms with van der Waals surface area (Å²) in [5, 5.41) is 7.36. The molecule has 30 heavy (non-hydrogen) atoms. The number of carbonyl (C=O) groups excluding carboxylic acids is 2. The molecule has 6 nitrogen and oxygen atoms in total. The van der Waals surface area contributed by atoms with Gasteiger partial charge in [-0.3, -0.25) is 14.5 Å². The van der Waals surface area contributed by atoms with Crippen molar-refractivity contribution >= 4 is 17.5 Å². The van der Waals surface area contributed by atoms with Gasteiger partial charge in [0.05, 0.1) is 18.3 Å². The monoisotopic (exact) mass is 410 g/mol. The van der Waals surface area contributed by atoms with Crippen LogP contribution in [0.15, 0.2) is 30.5 Å². The van der Waals surface area contributed by atoms with Gasteiger partial charge in [0.2, 0.25) is 5.91 Å². The molecule has 1 N–H and O–H groups in total. The standard InChI is InChI=1S/C24H34N4O2/c1-6-18(4)28-22(9-12-25-28)26-24(30)19(5)27-13-10-20(11-14-27)23(29)21-8-7-16(2)15-17(21)3/h7-9,12,15,18-20H,6,10-11,13-14H2,1-5H3,(H,26,30). The smallest absolute Gasteiger partial charge is 0.242 e. The number of rotatable bonds is 7. The fourth-order valence-electron chi connectivity index (χ4n) is 4.19. The van der Waals surface area contributed by atoms with Gasteiger partial charge >= 0.3 is 0 Å². The Hall–Kier alpha value is -2.47. The van der Waals surface area contributed by atoms with Gasteiger partial charge in [0, 0.05) is 17.5 Å². The van der Waals surface area contributed by atoms with E-state index in [0.717, 1.165) is 49.3 Å². The Labute approximate surface area is 179 Å². The molecule has 1 aliphatic heterocycles. The first kappa shape index (κ1) is 22.2. The van der Waals surface area contributed by atoms with Crippen molar-refractivity contribution in [1.82, 2.24) is 14.7 Å². The molecule has 162 valence electrons. The van der Waals surface area contributed by atoms with E-state index in [9.17, 15) is 9.59 Å². The zero-order valence-electron chi connectivity index (χ0n) is 18.8. The van der Waals surface area contributed by atoms with Crippen LogP contribution >= 0.6 is 0 Å². The van der Waals surface area contributed by atoms with E-state index in [-0.39, 0.29) is 29.7 Å². The first-order chi connectivity index (χ1) is 14.3. The number of Topliss-reactive ketones (excluding diaryl/α,β-unsaturated/α-hetero) is 1. The largest absolute Gasteiger partial charge is 0.310 e. The lowest BCUT2D eigenvalue weighted by atomic mass is 9.86. The number of amides is 1. The maximum Gasteiger partial charge on any atom is 0.242 e. The highest BCUT2D eigenvalue weighted by Crippen LogP contribution is 2.25. The number of piperidine rings is 1. The molecular formula is C24H34N4O2. The highest BCUT2D eigenvalue weighted by molar-refractivity contribution is 5.99. The maximum atomic E-state index is 13.0. The Kier molecular flexibility index (Phi) is 7.08. The molecule has 0 radical (unpaired) electrons. The first-order valence-corrected chi connectivity index (χ1v) is 11.0. The average Bonchev–Trinajstić information content (AvgIpc) is 3.20. The van der Waals surface area contributed by atoms with E-state index in [1.807, 2.05) is 43.7 Å². The minimum atomic E-state index is -0.248. The summed E-state index contributed by atoms with van der Waals surface area (Å²) in [5.74, 6) is 0.979. The van der Waals surface area contributed by atoms with Gasteiger partial charge < -0.3 is 5.32 Å². The average molecular weight is 411 g/mol. The molecule has 6 heteroatoms. The fraction of sp³-hybridized carbons (Fsp3) is 0.542. The summed E-state index contributed by atoms with van der Waals surface area (Å²) in [7, 11) is 0. The number of nitrogens with one attached hydrogen (secondary N) is 1. The second-order valence-electron chi connectivity index (χ2n) is 8.58. The van der Waals surface area contributed by atoms with Crippen LogP contribution in [0.3, 0.4) is 0 Å². The molecule has 0 bridgehead atoms. The lowest BCUT2D eigenvalue weighted by Gasteiger charge is -2.35. The molecule has 2 unspecified atom stereocenters. The van der Waals surface area contributed by atoms with Crippen LogP contribution in [0, 0.1) is 19.8 Å². The quantitative estimate of drug-likeness (QED) is 0.687. The zero-order chi connectivity index (χ0) is 21.8. The molecule has 3 rings (SSSR count). The lowest BCUT2D eigenvalue weighted by Crippen LogP contribution is -2.47. The van der Waals surface area contributed by atoms with E-state index in [2.05, 4.69) is 35.2 Å². The third kappa shape index (κ3) is 4.81. The summed E-state index contributed by atoms with van der Waals surface area (Å²) in [5.41, 5.74) is 3.06. The van der Waals surface area contributed by atoms with Crippen LogP contribution in [0.5, 0.6) is 0 Å². The van der Waals surface area contributed by atoms with E-state index in [1.54, 1.807) is 6.20 Å². The van der Waals surface area contributed by atoms with E-state index >= 15 is 0 Å². The molecule has 2 atom stereocenters. The summed E-state index contributed by atoms with van der Waals surface area (Å²) in [6.07, 6.45) is 4.24. The van der Waals surface area contributed by atoms with Gasteiger partial charge in [-0.05, 0) is 65.6 Å². The van der Waals surface area contributed by atoms with Crippen molar-refractivity contribution < 1.29 is 9.59 Å². The molecule has 1 aromatic heterocycles. The third-order valence-electron chi connectivity index (χ3n) is 6.40. The molecule has 0 aliphatic carbocycles. The van der Waals surface area contributed by atoms with Crippen LogP contribution in [0.25, 0.3) is 0 Å². The van der Waals surface area contributed by atoms with E-state index in [0.29, 0.717) is 0 Å². The number of aromatic nitrogens is 2. The number of nitrogens with zero attached hydrogens (tertiary/aromatic N) is 3. The lowest BCUT2D eigenvalue weighted by molar-refractivity contribution is -0.121. The van der Waals surface area contributed by atoms with E-state index < -0.39 is 0 Å². The molecule has 1 saturated heterocycles. The van der Waals surface area contributed by atoms with Crippen LogP contribution in [-0.2, 0) is 4.79 Å². The first-order valence-electron chi connectivity index (χ1n) is 11.0. The van der Waals surface area contributed by atoms with Crippen molar-refractivity contribution in [3.63, 3.8) is 0 Å². The van der Waals surface area contributed by atoms with Crippen molar-refractivity contribution in [2.45, 2.75) is 66.0 Å². The van der Waals surface area contributed by atoms with Gasteiger partial charge in [0.25, 0.3) is 0 Å². The SMILES string of the molecule is CCC(C)n1nccc1NC(=O)C(C)N1CCC(C(=O)c2ccc(C)cc2C)CC1. The van der Waals surface area contributed by atoms with Crippen LogP contribution in [0.1, 0.15) is 67.6 Å². The Balaban J connectivity index is 1.57. The number of carbonyl (C=O) groups is 2. The number of aryl methyl sites for hydroxylation is 2. The van der Waals surface area contributed by atoms with Gasteiger partial charge in [0.15, 0.2) is 5.78 Å². The van der Waals surface area contributed by atoms with Crippen molar-refractivity contribution in [1.29, 1.82) is 0 Å². The number of benzene rings is 1. The van der Waals surface area contributed by atoms with Gasteiger partial charge in [-0.2, -0.15) is 5.10 Å². The summed E-state index contributed by atoms with van der Waals surface area (Å²) in [6.45, 7) is 11.7. The van der Waals surface area contributed by atoms with Crippen LogP contribution in [0.2, 0.25) is 0 Å². The third-order valence-corrected chi connectivity index (χ3v) is 6.40. The molecular weight excluding hydrogens is 376 g/mol. The number of anilines is 1. The van der Waals surface area contributed by atoms with E-state index in [4.69, 9.17) is 0 Å². The Morgan fingerprint density at radius 3 is 2.50 bits per heavy atom. The van der Waals surface area contributed by atoms with Crippen molar-refractivity contribution in [3.05, 3.63) is 47.2 Å². The molecule has 0 saturated carbocycles. The second kappa shape index (κ2) is 9.56. The topological polar surface area (TPSA) is 67.2 Å². The number of ketones is 1. The highest BCUT2D eigenvalue weighted by atomic mass is 16.2. The van der Waals surface area contributed by atoms with Gasteiger partial charge in [0.1, 0.15) is 5.82 Å². The second-order valence-corrected chi connectivity index (χ2v) is 8.58. The number of likely N-dealkylation sites (tertiary alicyclic amines) is 1. The van der Waals surface area contributed by atoms with E-state index in [1.165, 1.54) is 5.56 Å². The Morgan fingerprint density at radius 1 is 1.17 bits per heavy atom. The van der Waals surface area contributed by atoms with Gasteiger partial charge in [-0.25, -0.2) is 4.68 Å². The van der Waals surface area contributed by atoms with Crippen molar-refractivity contribution in [2.75, 3.05) is 18.4 Å². The minimum absolute atomic E-state index is 0.0285. The van der Waals surface area contributed by atoms with Gasteiger partial charge in [-0.1, -0.05) is 30.7 Å². The summed E-state index contributed by atoms with van der Waals surface area (Å²) in [6, 6.07) is 7.85. The van der Waals surface area contributed by atoms with Crippen molar-refractivity contribution in [3.8, 4) is 0 Å². The van der Waals surface area contributed by atoms with Crippen LogP contribution in [-0.4, -0.2) is 45.5 Å². The summed E-state index contributed by atoms with van der Waals surface area (Å²) < 4.78 is 1.86. The molecule has 0 spiro atoms.